The van der Waals surface area contributed by atoms with Crippen LogP contribution in [0.25, 0.3) is 0 Å². The van der Waals surface area contributed by atoms with Gasteiger partial charge in [-0.1, -0.05) is 11.3 Å². The fraction of sp³-hybridized carbons (Fsp3) is 0.500. The number of amides is 1. The normalized spacial score (nSPS) is 17.9. The largest absolute Gasteiger partial charge is 0.342 e. The third-order valence-electron chi connectivity index (χ3n) is 4.34. The lowest BCUT2D eigenvalue weighted by molar-refractivity contribution is -0.132. The minimum Gasteiger partial charge on any atom is -0.342 e. The van der Waals surface area contributed by atoms with E-state index >= 15 is 0 Å². The highest BCUT2D eigenvalue weighted by molar-refractivity contribution is 5.76. The van der Waals surface area contributed by atoms with Gasteiger partial charge in [0.05, 0.1) is 0 Å². The number of aromatic amines is 1. The molecular weight excluding hydrogens is 316 g/mol. The van der Waals surface area contributed by atoms with Gasteiger partial charge in [-0.3, -0.25) is 4.79 Å². The molecule has 128 valence electrons. The molecule has 2 aromatic rings. The zero-order valence-corrected chi connectivity index (χ0v) is 13.2. The number of H-pyrrole nitrogens is 1. The molecule has 2 heterocycles. The SMILES string of the molecule is O=C(CCCc1ccc(F)c(F)c1)N1CCCC(c2nn[nH]n2)C1. The first-order valence-corrected chi connectivity index (χ1v) is 8.08. The maximum Gasteiger partial charge on any atom is 0.222 e. The van der Waals surface area contributed by atoms with Crippen molar-refractivity contribution < 1.29 is 13.6 Å². The van der Waals surface area contributed by atoms with Crippen LogP contribution in [0.1, 0.15) is 43.0 Å². The van der Waals surface area contributed by atoms with Gasteiger partial charge in [0, 0.05) is 25.4 Å². The Hall–Kier alpha value is -2.38. The number of benzene rings is 1. The van der Waals surface area contributed by atoms with Crippen LogP contribution in [0.4, 0.5) is 8.78 Å². The maximum atomic E-state index is 13.2. The minimum absolute atomic E-state index is 0.0748. The lowest BCUT2D eigenvalue weighted by Crippen LogP contribution is -2.39. The van der Waals surface area contributed by atoms with Crippen molar-refractivity contribution in [2.24, 2.45) is 0 Å². The Balaban J connectivity index is 1.48. The summed E-state index contributed by atoms with van der Waals surface area (Å²) in [6, 6.07) is 3.86. The number of aryl methyl sites for hydroxylation is 1. The third-order valence-corrected chi connectivity index (χ3v) is 4.34. The number of piperidine rings is 1. The van der Waals surface area contributed by atoms with Crippen molar-refractivity contribution in [3.05, 3.63) is 41.2 Å². The van der Waals surface area contributed by atoms with E-state index in [1.165, 1.54) is 6.07 Å². The van der Waals surface area contributed by atoms with Gasteiger partial charge in [0.2, 0.25) is 5.91 Å². The summed E-state index contributed by atoms with van der Waals surface area (Å²) in [4.78, 5) is 14.2. The van der Waals surface area contributed by atoms with Crippen molar-refractivity contribution in [2.75, 3.05) is 13.1 Å². The average molecular weight is 335 g/mol. The van der Waals surface area contributed by atoms with E-state index in [0.717, 1.165) is 25.5 Å². The quantitative estimate of drug-likeness (QED) is 0.909. The number of hydrogen-bond acceptors (Lipinski definition) is 4. The van der Waals surface area contributed by atoms with Gasteiger partial charge in [-0.05, 0) is 43.4 Å². The molecule has 1 saturated heterocycles. The Kier molecular flexibility index (Phi) is 5.12. The van der Waals surface area contributed by atoms with E-state index < -0.39 is 11.6 Å². The standard InChI is InChI=1S/C16H19F2N5O/c17-13-7-6-11(9-14(13)18)3-1-5-15(24)23-8-2-4-12(10-23)16-19-21-22-20-16/h6-7,9,12H,1-5,8,10H2,(H,19,20,21,22). The minimum atomic E-state index is -0.851. The molecule has 1 aromatic carbocycles. The Morgan fingerprint density at radius 3 is 2.96 bits per heavy atom. The number of hydrogen-bond donors (Lipinski definition) is 1. The van der Waals surface area contributed by atoms with Crippen LogP contribution in [0.5, 0.6) is 0 Å². The molecule has 0 bridgehead atoms. The van der Waals surface area contributed by atoms with Gasteiger partial charge in [-0.15, -0.1) is 10.2 Å². The summed E-state index contributed by atoms with van der Waals surface area (Å²) < 4.78 is 26.1. The molecule has 3 rings (SSSR count). The molecule has 24 heavy (non-hydrogen) atoms. The number of nitrogens with one attached hydrogen (secondary N) is 1. The van der Waals surface area contributed by atoms with Crippen LogP contribution in [-0.4, -0.2) is 44.5 Å². The molecule has 0 aliphatic carbocycles. The summed E-state index contributed by atoms with van der Waals surface area (Å²) >= 11 is 0. The van der Waals surface area contributed by atoms with Gasteiger partial charge < -0.3 is 4.90 Å². The molecule has 6 nitrogen and oxygen atoms in total. The molecule has 1 aliphatic rings. The molecule has 1 fully saturated rings. The Bertz CT molecular complexity index is 692. The first kappa shape index (κ1) is 16.5. The highest BCUT2D eigenvalue weighted by Gasteiger charge is 2.26. The van der Waals surface area contributed by atoms with Crippen molar-refractivity contribution in [3.8, 4) is 0 Å². The summed E-state index contributed by atoms with van der Waals surface area (Å²) in [5.74, 6) is -0.860. The predicted molar refractivity (Wildman–Crippen MR) is 82.0 cm³/mol. The molecule has 1 atom stereocenters. The van der Waals surface area contributed by atoms with E-state index in [-0.39, 0.29) is 11.8 Å². The molecule has 1 aromatic heterocycles. The number of carbonyl (C=O) groups excluding carboxylic acids is 1. The monoisotopic (exact) mass is 335 g/mol. The zero-order chi connectivity index (χ0) is 16.9. The number of aromatic nitrogens is 4. The van der Waals surface area contributed by atoms with Crippen LogP contribution in [0, 0.1) is 11.6 Å². The van der Waals surface area contributed by atoms with E-state index in [1.807, 2.05) is 4.90 Å². The summed E-state index contributed by atoms with van der Waals surface area (Å²) in [7, 11) is 0. The van der Waals surface area contributed by atoms with Crippen molar-refractivity contribution in [3.63, 3.8) is 0 Å². The van der Waals surface area contributed by atoms with Gasteiger partial charge in [0.15, 0.2) is 17.5 Å². The van der Waals surface area contributed by atoms with E-state index in [4.69, 9.17) is 0 Å². The zero-order valence-electron chi connectivity index (χ0n) is 13.2. The smallest absolute Gasteiger partial charge is 0.222 e. The lowest BCUT2D eigenvalue weighted by Gasteiger charge is -2.31. The van der Waals surface area contributed by atoms with Crippen molar-refractivity contribution >= 4 is 5.91 Å². The number of tetrazole rings is 1. The van der Waals surface area contributed by atoms with Crippen LogP contribution in [0.2, 0.25) is 0 Å². The van der Waals surface area contributed by atoms with Gasteiger partial charge in [-0.25, -0.2) is 8.78 Å². The summed E-state index contributed by atoms with van der Waals surface area (Å²) in [5, 5.41) is 14.0. The molecule has 1 N–H and O–H groups in total. The predicted octanol–water partition coefficient (Wildman–Crippen LogP) is 2.21. The first-order valence-electron chi connectivity index (χ1n) is 8.08. The third kappa shape index (κ3) is 3.93. The number of nitrogens with zero attached hydrogens (tertiary/aromatic N) is 4. The van der Waals surface area contributed by atoms with Crippen LogP contribution in [-0.2, 0) is 11.2 Å². The van der Waals surface area contributed by atoms with Gasteiger partial charge in [-0.2, -0.15) is 5.21 Å². The lowest BCUT2D eigenvalue weighted by atomic mass is 9.97. The highest BCUT2D eigenvalue weighted by Crippen LogP contribution is 2.24. The number of carbonyl (C=O) groups is 1. The maximum absolute atomic E-state index is 13.2. The van der Waals surface area contributed by atoms with E-state index in [9.17, 15) is 13.6 Å². The molecule has 8 heteroatoms. The van der Waals surface area contributed by atoms with Crippen molar-refractivity contribution in [1.29, 1.82) is 0 Å². The summed E-state index contributed by atoms with van der Waals surface area (Å²) in [5.41, 5.74) is 0.699. The first-order chi connectivity index (χ1) is 11.6. The van der Waals surface area contributed by atoms with Crippen LogP contribution >= 0.6 is 0 Å². The van der Waals surface area contributed by atoms with Crippen LogP contribution in [0.3, 0.4) is 0 Å². The van der Waals surface area contributed by atoms with E-state index in [1.54, 1.807) is 6.07 Å². The molecule has 1 aliphatic heterocycles. The Morgan fingerprint density at radius 1 is 1.33 bits per heavy atom. The second-order valence-electron chi connectivity index (χ2n) is 6.05. The summed E-state index contributed by atoms with van der Waals surface area (Å²) in [6.07, 6.45) is 3.39. The van der Waals surface area contributed by atoms with Crippen LogP contribution in [0.15, 0.2) is 18.2 Å². The topological polar surface area (TPSA) is 74.8 Å². The van der Waals surface area contributed by atoms with Crippen molar-refractivity contribution in [1.82, 2.24) is 25.5 Å². The molecule has 1 unspecified atom stereocenters. The Labute approximate surface area is 138 Å². The molecule has 0 spiro atoms. The fourth-order valence-electron chi connectivity index (χ4n) is 3.05. The second kappa shape index (κ2) is 7.46. The van der Waals surface area contributed by atoms with Crippen LogP contribution < -0.4 is 0 Å². The number of halogens is 2. The molecule has 0 saturated carbocycles. The van der Waals surface area contributed by atoms with E-state index in [0.29, 0.717) is 37.2 Å². The highest BCUT2D eigenvalue weighted by atomic mass is 19.2. The summed E-state index contributed by atoms with van der Waals surface area (Å²) in [6.45, 7) is 1.34. The average Bonchev–Trinajstić information content (AvgIpc) is 3.13. The Morgan fingerprint density at radius 2 is 2.21 bits per heavy atom. The molecule has 0 radical (unpaired) electrons. The number of rotatable bonds is 5. The van der Waals surface area contributed by atoms with E-state index in [2.05, 4.69) is 20.6 Å². The van der Waals surface area contributed by atoms with Gasteiger partial charge >= 0.3 is 0 Å². The fourth-order valence-corrected chi connectivity index (χ4v) is 3.05. The number of likely N-dealkylation sites (tertiary alicyclic amines) is 1. The van der Waals surface area contributed by atoms with Crippen molar-refractivity contribution in [2.45, 2.75) is 38.0 Å². The molecular formula is C16H19F2N5O. The van der Waals surface area contributed by atoms with Gasteiger partial charge in [0.25, 0.3) is 0 Å². The molecule has 1 amide bonds. The second-order valence-corrected chi connectivity index (χ2v) is 6.05. The van der Waals surface area contributed by atoms with Gasteiger partial charge in [0.1, 0.15) is 0 Å².